The molecule has 0 bridgehead atoms. The number of para-hydroxylation sites is 1. The average molecular weight is 442 g/mol. The third-order valence-electron chi connectivity index (χ3n) is 7.60. The van der Waals surface area contributed by atoms with Crippen molar-refractivity contribution in [1.29, 1.82) is 0 Å². The van der Waals surface area contributed by atoms with Crippen LogP contribution >= 0.6 is 0 Å². The summed E-state index contributed by atoms with van der Waals surface area (Å²) in [6.07, 6.45) is 2.72. The topological polar surface area (TPSA) is 37.3 Å². The number of hydrogen-bond donors (Lipinski definition) is 0. The second-order valence-corrected chi connectivity index (χ2v) is 9.73. The second-order valence-electron chi connectivity index (χ2n) is 9.73. The number of hydrazone groups is 1. The van der Waals surface area contributed by atoms with Gasteiger partial charge < -0.3 is 14.4 Å². The summed E-state index contributed by atoms with van der Waals surface area (Å²) >= 11 is 0. The number of rotatable bonds is 3. The number of likely N-dealkylation sites (tertiary alicyclic amines) is 1. The van der Waals surface area contributed by atoms with E-state index in [1.165, 1.54) is 21.9 Å². The van der Waals surface area contributed by atoms with E-state index in [0.717, 1.165) is 49.6 Å². The van der Waals surface area contributed by atoms with Gasteiger partial charge in [0.1, 0.15) is 0 Å². The van der Waals surface area contributed by atoms with Gasteiger partial charge in [0, 0.05) is 44.0 Å². The van der Waals surface area contributed by atoms with Crippen LogP contribution in [0.2, 0.25) is 0 Å². The normalized spacial score (nSPS) is 21.6. The van der Waals surface area contributed by atoms with Crippen LogP contribution in [-0.4, -0.2) is 47.6 Å². The number of nitrogens with zero attached hydrogens (tertiary/aromatic N) is 3. The molecule has 1 spiro atoms. The van der Waals surface area contributed by atoms with Gasteiger partial charge in [-0.1, -0.05) is 48.5 Å². The van der Waals surface area contributed by atoms with E-state index in [0.29, 0.717) is 6.04 Å². The minimum Gasteiger partial charge on any atom is -0.493 e. The molecular weight excluding hydrogens is 410 g/mol. The number of fused-ring (bicyclic) bond motifs is 5. The van der Waals surface area contributed by atoms with Crippen LogP contribution in [0.5, 0.6) is 11.5 Å². The molecule has 0 aromatic heterocycles. The zero-order chi connectivity index (χ0) is 22.6. The lowest BCUT2D eigenvalue weighted by Gasteiger charge is -2.51. The first-order chi connectivity index (χ1) is 16.1. The zero-order valence-corrected chi connectivity index (χ0v) is 19.6. The highest BCUT2D eigenvalue weighted by Gasteiger charge is 2.52. The fourth-order valence-electron chi connectivity index (χ4n) is 5.69. The average Bonchev–Trinajstić information content (AvgIpc) is 3.31. The summed E-state index contributed by atoms with van der Waals surface area (Å²) in [6.45, 7) is 6.55. The van der Waals surface area contributed by atoms with Crippen molar-refractivity contribution in [2.45, 2.75) is 50.9 Å². The summed E-state index contributed by atoms with van der Waals surface area (Å²) in [5.74, 6) is 1.71. The molecule has 6 rings (SSSR count). The van der Waals surface area contributed by atoms with Gasteiger partial charge in [-0.2, -0.15) is 5.10 Å². The van der Waals surface area contributed by atoms with Crippen LogP contribution in [0.1, 0.15) is 50.3 Å². The molecule has 0 saturated carbocycles. The summed E-state index contributed by atoms with van der Waals surface area (Å²) in [5.41, 5.74) is 3.07. The summed E-state index contributed by atoms with van der Waals surface area (Å²) in [5, 5.41) is 10.1. The summed E-state index contributed by atoms with van der Waals surface area (Å²) < 4.78 is 12.6. The van der Waals surface area contributed by atoms with E-state index in [4.69, 9.17) is 14.6 Å². The molecule has 0 aliphatic carbocycles. The summed E-state index contributed by atoms with van der Waals surface area (Å²) in [7, 11) is 1.73. The van der Waals surface area contributed by atoms with Gasteiger partial charge in [-0.3, -0.25) is 0 Å². The molecule has 33 heavy (non-hydrogen) atoms. The van der Waals surface area contributed by atoms with Crippen LogP contribution in [0.15, 0.2) is 65.8 Å². The molecule has 5 heteroatoms. The molecule has 3 aromatic rings. The van der Waals surface area contributed by atoms with Gasteiger partial charge in [-0.15, -0.1) is 0 Å². The van der Waals surface area contributed by atoms with Crippen molar-refractivity contribution in [2.24, 2.45) is 5.10 Å². The maximum absolute atomic E-state index is 6.85. The fourth-order valence-corrected chi connectivity index (χ4v) is 5.69. The Balaban J connectivity index is 1.42. The predicted octanol–water partition coefficient (Wildman–Crippen LogP) is 5.59. The largest absolute Gasteiger partial charge is 0.493 e. The van der Waals surface area contributed by atoms with Crippen molar-refractivity contribution < 1.29 is 9.47 Å². The van der Waals surface area contributed by atoms with E-state index in [1.54, 1.807) is 7.11 Å². The highest BCUT2D eigenvalue weighted by molar-refractivity contribution is 6.04. The van der Waals surface area contributed by atoms with Crippen molar-refractivity contribution >= 4 is 16.5 Å². The smallest absolute Gasteiger partial charge is 0.200 e. The summed E-state index contributed by atoms with van der Waals surface area (Å²) in [4.78, 5) is 2.53. The molecule has 3 aliphatic rings. The van der Waals surface area contributed by atoms with Crippen LogP contribution in [-0.2, 0) is 0 Å². The Morgan fingerprint density at radius 3 is 2.55 bits per heavy atom. The van der Waals surface area contributed by atoms with Gasteiger partial charge in [0.2, 0.25) is 5.72 Å². The number of benzene rings is 3. The SMILES string of the molecule is COc1cccc2c1OC1(CCN(C(C)C)CC1)N1N=C(c3ccc4ccccc4c3)C[C@@H]21. The molecule has 0 unspecified atom stereocenters. The van der Waals surface area contributed by atoms with Gasteiger partial charge in [0.05, 0.1) is 18.9 Å². The van der Waals surface area contributed by atoms with Gasteiger partial charge in [0.25, 0.3) is 0 Å². The lowest BCUT2D eigenvalue weighted by atomic mass is 9.90. The van der Waals surface area contributed by atoms with Gasteiger partial charge in [-0.25, -0.2) is 5.01 Å². The van der Waals surface area contributed by atoms with Crippen LogP contribution in [0, 0.1) is 0 Å². The lowest BCUT2D eigenvalue weighted by Crippen LogP contribution is -2.59. The third kappa shape index (κ3) is 3.29. The van der Waals surface area contributed by atoms with E-state index in [2.05, 4.69) is 78.4 Å². The van der Waals surface area contributed by atoms with Gasteiger partial charge >= 0.3 is 0 Å². The minimum absolute atomic E-state index is 0.163. The van der Waals surface area contributed by atoms with Crippen molar-refractivity contribution in [3.8, 4) is 11.5 Å². The maximum atomic E-state index is 6.85. The Bertz CT molecular complexity index is 1230. The second kappa shape index (κ2) is 7.77. The van der Waals surface area contributed by atoms with E-state index < -0.39 is 5.72 Å². The zero-order valence-electron chi connectivity index (χ0n) is 19.6. The monoisotopic (exact) mass is 441 g/mol. The van der Waals surface area contributed by atoms with E-state index in [1.807, 2.05) is 6.07 Å². The van der Waals surface area contributed by atoms with Crippen LogP contribution in [0.3, 0.4) is 0 Å². The number of hydrogen-bond acceptors (Lipinski definition) is 5. The highest BCUT2D eigenvalue weighted by atomic mass is 16.5. The number of piperidine rings is 1. The first kappa shape index (κ1) is 20.5. The molecule has 1 saturated heterocycles. The van der Waals surface area contributed by atoms with Gasteiger partial charge in [-0.05, 0) is 42.3 Å². The number of ether oxygens (including phenoxy) is 2. The Hall–Kier alpha value is -3.05. The molecule has 1 fully saturated rings. The summed E-state index contributed by atoms with van der Waals surface area (Å²) in [6, 6.07) is 22.1. The molecule has 5 nitrogen and oxygen atoms in total. The fraction of sp³-hybridized carbons (Fsp3) is 0.393. The quantitative estimate of drug-likeness (QED) is 0.531. The molecule has 170 valence electrons. The van der Waals surface area contributed by atoms with E-state index >= 15 is 0 Å². The van der Waals surface area contributed by atoms with Gasteiger partial charge in [0.15, 0.2) is 11.5 Å². The third-order valence-corrected chi connectivity index (χ3v) is 7.60. The molecular formula is C28H31N3O2. The van der Waals surface area contributed by atoms with Crippen molar-refractivity contribution in [3.63, 3.8) is 0 Å². The lowest BCUT2D eigenvalue weighted by molar-refractivity contribution is -0.153. The predicted molar refractivity (Wildman–Crippen MR) is 132 cm³/mol. The molecule has 3 aliphatic heterocycles. The standard InChI is InChI=1S/C28H31N3O2/c1-19(2)30-15-13-28(14-16-30)31-25(23-9-6-10-26(32-3)27(23)33-28)18-24(29-31)22-12-11-20-7-4-5-8-21(20)17-22/h4-12,17,19,25H,13-16,18H2,1-3H3/t25-/m0/s1. The Morgan fingerprint density at radius 2 is 1.79 bits per heavy atom. The molecule has 0 amide bonds. The Kier molecular flexibility index (Phi) is 4.84. The first-order valence-corrected chi connectivity index (χ1v) is 12.0. The van der Waals surface area contributed by atoms with Crippen molar-refractivity contribution in [3.05, 3.63) is 71.8 Å². The molecule has 1 atom stereocenters. The molecule has 3 aromatic carbocycles. The molecule has 3 heterocycles. The van der Waals surface area contributed by atoms with Crippen molar-refractivity contribution in [1.82, 2.24) is 9.91 Å². The van der Waals surface area contributed by atoms with E-state index in [-0.39, 0.29) is 6.04 Å². The molecule has 0 N–H and O–H groups in total. The van der Waals surface area contributed by atoms with Crippen molar-refractivity contribution in [2.75, 3.05) is 20.2 Å². The van der Waals surface area contributed by atoms with Crippen LogP contribution < -0.4 is 9.47 Å². The minimum atomic E-state index is -0.434. The number of methoxy groups -OCH3 is 1. The molecule has 0 radical (unpaired) electrons. The van der Waals surface area contributed by atoms with Crippen LogP contribution in [0.4, 0.5) is 0 Å². The van der Waals surface area contributed by atoms with Crippen LogP contribution in [0.25, 0.3) is 10.8 Å². The maximum Gasteiger partial charge on any atom is 0.200 e. The Labute approximate surface area is 195 Å². The Morgan fingerprint density at radius 1 is 1.00 bits per heavy atom. The first-order valence-electron chi connectivity index (χ1n) is 12.0. The van der Waals surface area contributed by atoms with E-state index in [9.17, 15) is 0 Å². The highest BCUT2D eigenvalue weighted by Crippen LogP contribution is 2.52.